The highest BCUT2D eigenvalue weighted by Crippen LogP contribution is 2.32. The minimum absolute atomic E-state index is 1.03. The minimum atomic E-state index is 1.03. The number of hydrogen-bond donors (Lipinski definition) is 0. The Balaban J connectivity index is 1.38. The maximum atomic E-state index is 5.18. The van der Waals surface area contributed by atoms with Gasteiger partial charge in [-0.25, -0.2) is 0 Å². The molecule has 0 aromatic heterocycles. The molecule has 5 rings (SSSR count). The van der Waals surface area contributed by atoms with E-state index in [0.717, 1.165) is 38.9 Å². The summed E-state index contributed by atoms with van der Waals surface area (Å²) in [5, 5.41) is 0. The molecule has 3 aromatic carbocycles. The van der Waals surface area contributed by atoms with Gasteiger partial charge in [-0.1, -0.05) is 78.9 Å². The number of benzene rings is 3. The molecule has 0 saturated heterocycles. The third-order valence-electron chi connectivity index (χ3n) is 6.40. The van der Waals surface area contributed by atoms with Crippen LogP contribution in [-0.2, 0) is 6.54 Å². The van der Waals surface area contributed by atoms with Crippen molar-refractivity contribution >= 4 is 5.71 Å². The molecule has 2 aliphatic rings. The van der Waals surface area contributed by atoms with Crippen molar-refractivity contribution in [3.63, 3.8) is 0 Å². The van der Waals surface area contributed by atoms with Crippen molar-refractivity contribution < 1.29 is 0 Å². The molecule has 0 fully saturated rings. The van der Waals surface area contributed by atoms with Gasteiger partial charge in [0.05, 0.1) is 0 Å². The molecule has 0 spiro atoms. The van der Waals surface area contributed by atoms with Gasteiger partial charge >= 0.3 is 0 Å². The van der Waals surface area contributed by atoms with Crippen LogP contribution in [0, 0.1) is 6.92 Å². The van der Waals surface area contributed by atoms with E-state index in [9.17, 15) is 0 Å². The van der Waals surface area contributed by atoms with Crippen molar-refractivity contribution in [2.75, 3.05) is 13.1 Å². The second-order valence-corrected chi connectivity index (χ2v) is 8.40. The van der Waals surface area contributed by atoms with E-state index in [1.807, 2.05) is 0 Å². The first-order valence-electron chi connectivity index (χ1n) is 11.0. The predicted molar refractivity (Wildman–Crippen MR) is 126 cm³/mol. The van der Waals surface area contributed by atoms with Gasteiger partial charge in [-0.15, -0.1) is 0 Å². The van der Waals surface area contributed by atoms with Crippen LogP contribution >= 0.6 is 0 Å². The molecule has 0 unspecified atom stereocenters. The fourth-order valence-corrected chi connectivity index (χ4v) is 4.78. The fourth-order valence-electron chi connectivity index (χ4n) is 4.78. The van der Waals surface area contributed by atoms with E-state index in [1.165, 1.54) is 44.8 Å². The molecule has 0 bridgehead atoms. The van der Waals surface area contributed by atoms with Gasteiger partial charge < -0.3 is 0 Å². The number of aliphatic imine (C=N–C) groups is 1. The molecule has 0 saturated carbocycles. The largest absolute Gasteiger partial charge is 0.295 e. The molecule has 150 valence electrons. The van der Waals surface area contributed by atoms with Crippen molar-refractivity contribution in [2.24, 2.45) is 4.99 Å². The predicted octanol–water partition coefficient (Wildman–Crippen LogP) is 6.40. The van der Waals surface area contributed by atoms with Crippen LogP contribution in [0.4, 0.5) is 0 Å². The van der Waals surface area contributed by atoms with Crippen molar-refractivity contribution in [1.82, 2.24) is 4.90 Å². The van der Waals surface area contributed by atoms with Crippen molar-refractivity contribution in [1.29, 1.82) is 0 Å². The monoisotopic (exact) mass is 392 g/mol. The molecule has 2 nitrogen and oxygen atoms in total. The highest BCUT2D eigenvalue weighted by atomic mass is 15.1. The second-order valence-electron chi connectivity index (χ2n) is 8.40. The zero-order valence-electron chi connectivity index (χ0n) is 17.6. The number of hydrogen-bond acceptors (Lipinski definition) is 2. The van der Waals surface area contributed by atoms with Crippen LogP contribution in [-0.4, -0.2) is 23.7 Å². The Morgan fingerprint density at radius 1 is 0.767 bits per heavy atom. The lowest BCUT2D eigenvalue weighted by Gasteiger charge is -2.32. The SMILES string of the molecule is Cc1c(C2=NC3=C(CC2)CN(Cc2ccccc2)CC3)cccc1-c1ccccc1. The Bertz CT molecular complexity index is 1090. The minimum Gasteiger partial charge on any atom is -0.295 e. The quantitative estimate of drug-likeness (QED) is 0.501. The number of rotatable bonds is 4. The van der Waals surface area contributed by atoms with Crippen LogP contribution < -0.4 is 0 Å². The topological polar surface area (TPSA) is 15.6 Å². The van der Waals surface area contributed by atoms with Crippen LogP contribution in [0.1, 0.15) is 36.0 Å². The molecule has 0 N–H and O–H groups in total. The standard InChI is InChI=1S/C28H28N2/c1-21-25(23-11-6-3-7-12-23)13-8-14-26(21)28-16-15-24-20-30(18-17-27(24)29-28)19-22-9-4-2-5-10-22/h2-14H,15-20H2,1H3. The van der Waals surface area contributed by atoms with E-state index >= 15 is 0 Å². The Labute approximate surface area is 179 Å². The summed E-state index contributed by atoms with van der Waals surface area (Å²) in [4.78, 5) is 7.75. The van der Waals surface area contributed by atoms with Crippen LogP contribution in [0.15, 0.2) is 95.1 Å². The maximum Gasteiger partial charge on any atom is 0.0485 e. The molecule has 0 radical (unpaired) electrons. The molecular formula is C28H28N2. The molecule has 2 heterocycles. The summed E-state index contributed by atoms with van der Waals surface area (Å²) in [7, 11) is 0. The van der Waals surface area contributed by atoms with E-state index < -0.39 is 0 Å². The Morgan fingerprint density at radius 2 is 1.50 bits per heavy atom. The second kappa shape index (κ2) is 8.41. The van der Waals surface area contributed by atoms with Gasteiger partial charge in [-0.05, 0) is 53.2 Å². The van der Waals surface area contributed by atoms with Gasteiger partial charge in [-0.3, -0.25) is 9.89 Å². The van der Waals surface area contributed by atoms with Crippen LogP contribution in [0.5, 0.6) is 0 Å². The number of nitrogens with zero attached hydrogens (tertiary/aromatic N) is 2. The first kappa shape index (κ1) is 19.0. The maximum absolute atomic E-state index is 5.18. The Morgan fingerprint density at radius 3 is 2.30 bits per heavy atom. The summed E-state index contributed by atoms with van der Waals surface area (Å²) < 4.78 is 0. The van der Waals surface area contributed by atoms with E-state index in [1.54, 1.807) is 0 Å². The first-order valence-corrected chi connectivity index (χ1v) is 11.0. The van der Waals surface area contributed by atoms with Crippen LogP contribution in [0.25, 0.3) is 11.1 Å². The van der Waals surface area contributed by atoms with E-state index in [-0.39, 0.29) is 0 Å². The molecule has 3 aromatic rings. The molecule has 0 aliphatic carbocycles. The summed E-state index contributed by atoms with van der Waals surface area (Å²) in [5.74, 6) is 0. The van der Waals surface area contributed by atoms with Gasteiger partial charge in [0, 0.05) is 37.5 Å². The van der Waals surface area contributed by atoms with Crippen LogP contribution in [0.2, 0.25) is 0 Å². The third-order valence-corrected chi connectivity index (χ3v) is 6.40. The molecule has 0 amide bonds. The fraction of sp³-hybridized carbons (Fsp3) is 0.250. The molecule has 0 atom stereocenters. The van der Waals surface area contributed by atoms with Gasteiger partial charge in [0.25, 0.3) is 0 Å². The van der Waals surface area contributed by atoms with Crippen molar-refractivity contribution in [2.45, 2.75) is 32.7 Å². The van der Waals surface area contributed by atoms with Crippen LogP contribution in [0.3, 0.4) is 0 Å². The smallest absolute Gasteiger partial charge is 0.0485 e. The Kier molecular flexibility index (Phi) is 5.33. The van der Waals surface area contributed by atoms with E-state index in [0.29, 0.717) is 0 Å². The lowest BCUT2D eigenvalue weighted by atomic mass is 9.89. The summed E-state index contributed by atoms with van der Waals surface area (Å²) in [6, 6.07) is 28.1. The normalized spacial score (nSPS) is 16.9. The van der Waals surface area contributed by atoms with Crippen molar-refractivity contribution in [3.8, 4) is 11.1 Å². The zero-order valence-corrected chi connectivity index (χ0v) is 17.6. The highest BCUT2D eigenvalue weighted by Gasteiger charge is 2.24. The average Bonchev–Trinajstić information content (AvgIpc) is 2.80. The lowest BCUT2D eigenvalue weighted by Crippen LogP contribution is -2.32. The summed E-state index contributed by atoms with van der Waals surface area (Å²) in [6.45, 7) is 5.43. The van der Waals surface area contributed by atoms with Gasteiger partial charge in [-0.2, -0.15) is 0 Å². The van der Waals surface area contributed by atoms with Gasteiger partial charge in [0.15, 0.2) is 0 Å². The van der Waals surface area contributed by atoms with E-state index in [2.05, 4.69) is 90.7 Å². The molecule has 2 heteroatoms. The van der Waals surface area contributed by atoms with Crippen molar-refractivity contribution in [3.05, 3.63) is 107 Å². The molecule has 30 heavy (non-hydrogen) atoms. The van der Waals surface area contributed by atoms with Gasteiger partial charge in [0.2, 0.25) is 0 Å². The summed E-state index contributed by atoms with van der Waals surface area (Å²) in [5.41, 5.74) is 10.8. The first-order chi connectivity index (χ1) is 14.8. The summed E-state index contributed by atoms with van der Waals surface area (Å²) in [6.07, 6.45) is 3.23. The third kappa shape index (κ3) is 3.88. The molecule has 2 aliphatic heterocycles. The molecular weight excluding hydrogens is 364 g/mol. The summed E-state index contributed by atoms with van der Waals surface area (Å²) >= 11 is 0. The van der Waals surface area contributed by atoms with Gasteiger partial charge in [0.1, 0.15) is 0 Å². The Hall–Kier alpha value is -2.97. The zero-order chi connectivity index (χ0) is 20.3. The average molecular weight is 393 g/mol. The van der Waals surface area contributed by atoms with E-state index in [4.69, 9.17) is 4.99 Å². The highest BCUT2D eigenvalue weighted by molar-refractivity contribution is 6.04. The lowest BCUT2D eigenvalue weighted by molar-refractivity contribution is 0.272.